The van der Waals surface area contributed by atoms with Crippen molar-refractivity contribution < 1.29 is 5.11 Å². The molecule has 0 aliphatic heterocycles. The molecule has 0 aromatic heterocycles. The summed E-state index contributed by atoms with van der Waals surface area (Å²) in [6.07, 6.45) is -0.586. The second kappa shape index (κ2) is 6.08. The van der Waals surface area contributed by atoms with Gasteiger partial charge in [0.25, 0.3) is 0 Å². The summed E-state index contributed by atoms with van der Waals surface area (Å²) in [6.45, 7) is 0.411. The Morgan fingerprint density at radius 2 is 1.43 bits per heavy atom. The second-order valence-corrected chi connectivity index (χ2v) is 5.30. The van der Waals surface area contributed by atoms with Crippen LogP contribution < -0.4 is 5.73 Å². The maximum absolute atomic E-state index is 10.6. The summed E-state index contributed by atoms with van der Waals surface area (Å²) in [5.41, 5.74) is 7.91. The predicted molar refractivity (Wildman–Crippen MR) is 87.1 cm³/mol. The van der Waals surface area contributed by atoms with Crippen LogP contribution in [0.15, 0.2) is 72.8 Å². The first-order valence-electron chi connectivity index (χ1n) is 7.21. The molecule has 2 atom stereocenters. The van der Waals surface area contributed by atoms with Crippen molar-refractivity contribution in [2.45, 2.75) is 12.0 Å². The van der Waals surface area contributed by atoms with Gasteiger partial charge in [0.2, 0.25) is 0 Å². The molecule has 2 nitrogen and oxygen atoms in total. The molecule has 1 unspecified atom stereocenters. The number of aliphatic hydroxyl groups excluding tert-OH is 1. The monoisotopic (exact) mass is 277 g/mol. The quantitative estimate of drug-likeness (QED) is 0.765. The van der Waals surface area contributed by atoms with Crippen molar-refractivity contribution in [1.82, 2.24) is 0 Å². The van der Waals surface area contributed by atoms with Crippen LogP contribution in [0.3, 0.4) is 0 Å². The van der Waals surface area contributed by atoms with Crippen LogP contribution in [0.2, 0.25) is 0 Å². The summed E-state index contributed by atoms with van der Waals surface area (Å²) < 4.78 is 0. The van der Waals surface area contributed by atoms with E-state index in [-0.39, 0.29) is 5.92 Å². The highest BCUT2D eigenvalue weighted by atomic mass is 16.3. The summed E-state index contributed by atoms with van der Waals surface area (Å²) in [7, 11) is 0. The molecule has 0 fully saturated rings. The van der Waals surface area contributed by atoms with Crippen LogP contribution in [0.4, 0.5) is 0 Å². The Bertz CT molecular complexity index is 724. The Hall–Kier alpha value is -2.16. The largest absolute Gasteiger partial charge is 0.388 e. The lowest BCUT2D eigenvalue weighted by Gasteiger charge is -2.22. The van der Waals surface area contributed by atoms with E-state index in [2.05, 4.69) is 30.3 Å². The molecule has 0 spiro atoms. The zero-order chi connectivity index (χ0) is 14.7. The molecule has 2 heteroatoms. The molecule has 3 N–H and O–H groups in total. The molecule has 0 bridgehead atoms. The second-order valence-electron chi connectivity index (χ2n) is 5.30. The SMILES string of the molecule is NCC(c1ccc2ccccc2c1)[C@@H](O)c1ccccc1. The molecule has 0 aliphatic carbocycles. The Balaban J connectivity index is 1.98. The van der Waals surface area contributed by atoms with Crippen LogP contribution in [0.5, 0.6) is 0 Å². The van der Waals surface area contributed by atoms with Gasteiger partial charge in [0, 0.05) is 12.5 Å². The Morgan fingerprint density at radius 3 is 2.14 bits per heavy atom. The van der Waals surface area contributed by atoms with Crippen molar-refractivity contribution in [2.24, 2.45) is 5.73 Å². The molecule has 3 aromatic rings. The average Bonchev–Trinajstić information content (AvgIpc) is 2.56. The number of hydrogen-bond acceptors (Lipinski definition) is 2. The third kappa shape index (κ3) is 2.82. The smallest absolute Gasteiger partial charge is 0.0870 e. The lowest BCUT2D eigenvalue weighted by Crippen LogP contribution is -2.20. The zero-order valence-corrected chi connectivity index (χ0v) is 11.8. The maximum atomic E-state index is 10.6. The van der Waals surface area contributed by atoms with E-state index in [1.807, 2.05) is 42.5 Å². The number of aliphatic hydroxyl groups is 1. The zero-order valence-electron chi connectivity index (χ0n) is 11.8. The first-order valence-corrected chi connectivity index (χ1v) is 7.21. The van der Waals surface area contributed by atoms with Crippen LogP contribution in [0, 0.1) is 0 Å². The van der Waals surface area contributed by atoms with Crippen molar-refractivity contribution in [3.05, 3.63) is 83.9 Å². The molecule has 3 rings (SSSR count). The first kappa shape index (κ1) is 13.8. The van der Waals surface area contributed by atoms with Gasteiger partial charge in [-0.2, -0.15) is 0 Å². The fraction of sp³-hybridized carbons (Fsp3) is 0.158. The van der Waals surface area contributed by atoms with E-state index in [1.54, 1.807) is 0 Å². The van der Waals surface area contributed by atoms with Gasteiger partial charge in [0.1, 0.15) is 0 Å². The fourth-order valence-corrected chi connectivity index (χ4v) is 2.77. The van der Waals surface area contributed by atoms with Crippen LogP contribution in [0.1, 0.15) is 23.1 Å². The van der Waals surface area contributed by atoms with Gasteiger partial charge in [-0.05, 0) is 21.9 Å². The van der Waals surface area contributed by atoms with E-state index in [0.717, 1.165) is 11.1 Å². The highest BCUT2D eigenvalue weighted by molar-refractivity contribution is 5.83. The van der Waals surface area contributed by atoms with Gasteiger partial charge in [0.05, 0.1) is 6.10 Å². The molecule has 0 aliphatic rings. The van der Waals surface area contributed by atoms with Crippen molar-refractivity contribution >= 4 is 10.8 Å². The third-order valence-electron chi connectivity index (χ3n) is 3.98. The minimum Gasteiger partial charge on any atom is -0.388 e. The lowest BCUT2D eigenvalue weighted by atomic mass is 9.88. The third-order valence-corrected chi connectivity index (χ3v) is 3.98. The van der Waals surface area contributed by atoms with E-state index >= 15 is 0 Å². The number of hydrogen-bond donors (Lipinski definition) is 2. The van der Waals surface area contributed by atoms with Crippen molar-refractivity contribution in [2.75, 3.05) is 6.54 Å². The standard InChI is InChI=1S/C19H19NO/c20-13-18(19(21)15-7-2-1-3-8-15)17-11-10-14-6-4-5-9-16(14)12-17/h1-12,18-19,21H,13,20H2/t18?,19-/m0/s1. The van der Waals surface area contributed by atoms with Gasteiger partial charge in [-0.25, -0.2) is 0 Å². The van der Waals surface area contributed by atoms with Crippen molar-refractivity contribution in [3.63, 3.8) is 0 Å². The highest BCUT2D eigenvalue weighted by Crippen LogP contribution is 2.31. The Labute approximate surface area is 124 Å². The molecular formula is C19H19NO. The summed E-state index contributed by atoms with van der Waals surface area (Å²) in [6, 6.07) is 24.2. The van der Waals surface area contributed by atoms with Crippen LogP contribution >= 0.6 is 0 Å². The first-order chi connectivity index (χ1) is 10.3. The fourth-order valence-electron chi connectivity index (χ4n) is 2.77. The van der Waals surface area contributed by atoms with Gasteiger partial charge in [-0.1, -0.05) is 72.8 Å². The summed E-state index contributed by atoms with van der Waals surface area (Å²) in [5.74, 6) is -0.1000. The van der Waals surface area contributed by atoms with Crippen molar-refractivity contribution in [3.8, 4) is 0 Å². The molecule has 0 amide bonds. The molecular weight excluding hydrogens is 258 g/mol. The van der Waals surface area contributed by atoms with Gasteiger partial charge in [0.15, 0.2) is 0 Å². The Morgan fingerprint density at radius 1 is 0.762 bits per heavy atom. The molecule has 0 saturated heterocycles. The van der Waals surface area contributed by atoms with Crippen molar-refractivity contribution in [1.29, 1.82) is 0 Å². The molecule has 0 saturated carbocycles. The number of benzene rings is 3. The van der Waals surface area contributed by atoms with E-state index < -0.39 is 6.10 Å². The van der Waals surface area contributed by atoms with Gasteiger partial charge in [-0.15, -0.1) is 0 Å². The molecule has 106 valence electrons. The highest BCUT2D eigenvalue weighted by Gasteiger charge is 2.21. The summed E-state index contributed by atoms with van der Waals surface area (Å²) >= 11 is 0. The number of rotatable bonds is 4. The normalized spacial score (nSPS) is 14.0. The number of nitrogens with two attached hydrogens (primary N) is 1. The molecule has 3 aromatic carbocycles. The number of fused-ring (bicyclic) bond motifs is 1. The maximum Gasteiger partial charge on any atom is 0.0870 e. The van der Waals surface area contributed by atoms with E-state index in [1.165, 1.54) is 10.8 Å². The minimum atomic E-state index is -0.586. The van der Waals surface area contributed by atoms with E-state index in [9.17, 15) is 5.11 Å². The molecule has 0 heterocycles. The minimum absolute atomic E-state index is 0.1000. The predicted octanol–water partition coefficient (Wildman–Crippen LogP) is 3.62. The molecule has 0 radical (unpaired) electrons. The van der Waals surface area contributed by atoms with Crippen LogP contribution in [-0.4, -0.2) is 11.7 Å². The molecule has 21 heavy (non-hydrogen) atoms. The lowest BCUT2D eigenvalue weighted by molar-refractivity contribution is 0.147. The Kier molecular flexibility index (Phi) is 4.00. The van der Waals surface area contributed by atoms with Crippen LogP contribution in [0.25, 0.3) is 10.8 Å². The van der Waals surface area contributed by atoms with Gasteiger partial charge in [-0.3, -0.25) is 0 Å². The summed E-state index contributed by atoms with van der Waals surface area (Å²) in [4.78, 5) is 0. The van der Waals surface area contributed by atoms with E-state index in [0.29, 0.717) is 6.54 Å². The average molecular weight is 277 g/mol. The van der Waals surface area contributed by atoms with E-state index in [4.69, 9.17) is 5.73 Å². The summed E-state index contributed by atoms with van der Waals surface area (Å²) in [5, 5.41) is 13.0. The van der Waals surface area contributed by atoms with Gasteiger partial charge < -0.3 is 10.8 Å². The van der Waals surface area contributed by atoms with Gasteiger partial charge >= 0.3 is 0 Å². The topological polar surface area (TPSA) is 46.2 Å². The van der Waals surface area contributed by atoms with Crippen LogP contribution in [-0.2, 0) is 0 Å².